The molecule has 2 aromatic carbocycles. The predicted octanol–water partition coefficient (Wildman–Crippen LogP) is 3.27. The molecule has 1 unspecified atom stereocenters. The van der Waals surface area contributed by atoms with Crippen LogP contribution in [0.4, 0.5) is 5.69 Å². The molecule has 0 aliphatic carbocycles. The molecule has 0 aromatic heterocycles. The predicted molar refractivity (Wildman–Crippen MR) is 121 cm³/mol. The highest BCUT2D eigenvalue weighted by atomic mass is 32.2. The molecule has 172 valence electrons. The molecule has 2 aliphatic rings. The summed E-state index contributed by atoms with van der Waals surface area (Å²) in [5.41, 5.74) is 1.55. The average Bonchev–Trinajstić information content (AvgIpc) is 3.07. The van der Waals surface area contributed by atoms with Crippen LogP contribution in [0.1, 0.15) is 44.2 Å². The summed E-state index contributed by atoms with van der Waals surface area (Å²) in [6.07, 6.45) is 4.57. The molecule has 0 bridgehead atoms. The molecule has 1 amide bonds. The number of fused-ring (bicyclic) bond motifs is 1. The fourth-order valence-electron chi connectivity index (χ4n) is 4.18. The molecule has 2 aliphatic heterocycles. The van der Waals surface area contributed by atoms with Crippen LogP contribution in [0.2, 0.25) is 0 Å². The van der Waals surface area contributed by atoms with Gasteiger partial charge >= 0.3 is 0 Å². The van der Waals surface area contributed by atoms with Gasteiger partial charge in [-0.3, -0.25) is 9.69 Å². The lowest BCUT2D eigenvalue weighted by Crippen LogP contribution is -2.38. The fraction of sp³-hybridized carbons (Fsp3) is 0.435. The number of carbonyl (C=O) groups is 1. The van der Waals surface area contributed by atoms with Gasteiger partial charge in [0.15, 0.2) is 11.5 Å². The van der Waals surface area contributed by atoms with Crippen LogP contribution in [0.5, 0.6) is 11.5 Å². The molecule has 1 fully saturated rings. The van der Waals surface area contributed by atoms with Gasteiger partial charge in [0.1, 0.15) is 0 Å². The maximum Gasteiger partial charge on any atom is 0.240 e. The number of nitrogens with one attached hydrogen (secondary N) is 2. The van der Waals surface area contributed by atoms with Crippen LogP contribution >= 0.6 is 0 Å². The van der Waals surface area contributed by atoms with Crippen LogP contribution in [0.3, 0.4) is 0 Å². The monoisotopic (exact) mass is 459 g/mol. The van der Waals surface area contributed by atoms with Crippen LogP contribution < -0.4 is 19.5 Å². The van der Waals surface area contributed by atoms with Crippen molar-refractivity contribution in [2.45, 2.75) is 43.5 Å². The first kappa shape index (κ1) is 22.6. The number of hydrogen-bond acceptors (Lipinski definition) is 6. The standard InChI is InChI=1S/C23H29N3O5S/c1-17(27)25-19-7-9-20(10-8-19)32(28,29)24-15-21(26-12-4-2-3-5-13-26)18-6-11-22-23(14-18)31-16-30-22/h6-11,14,21,24H,2-5,12-13,15-16H2,1H3,(H,25,27). The van der Waals surface area contributed by atoms with E-state index >= 15 is 0 Å². The van der Waals surface area contributed by atoms with Gasteiger partial charge in [0.2, 0.25) is 22.7 Å². The van der Waals surface area contributed by atoms with Gasteiger partial charge in [-0.1, -0.05) is 18.9 Å². The van der Waals surface area contributed by atoms with Crippen molar-refractivity contribution in [3.63, 3.8) is 0 Å². The second-order valence-electron chi connectivity index (χ2n) is 8.14. The van der Waals surface area contributed by atoms with Gasteiger partial charge in [-0.05, 0) is 67.9 Å². The molecule has 2 N–H and O–H groups in total. The van der Waals surface area contributed by atoms with E-state index in [1.807, 2.05) is 18.2 Å². The van der Waals surface area contributed by atoms with E-state index in [0.29, 0.717) is 17.2 Å². The van der Waals surface area contributed by atoms with Crippen molar-refractivity contribution in [3.8, 4) is 11.5 Å². The van der Waals surface area contributed by atoms with Crippen molar-refractivity contribution < 1.29 is 22.7 Å². The van der Waals surface area contributed by atoms with Crippen molar-refractivity contribution in [2.75, 3.05) is 31.7 Å². The third-order valence-electron chi connectivity index (χ3n) is 5.81. The van der Waals surface area contributed by atoms with Crippen molar-refractivity contribution in [1.29, 1.82) is 0 Å². The Bertz CT molecular complexity index is 1050. The lowest BCUT2D eigenvalue weighted by atomic mass is 10.0. The molecule has 0 spiro atoms. The smallest absolute Gasteiger partial charge is 0.240 e. The zero-order valence-electron chi connectivity index (χ0n) is 18.2. The minimum atomic E-state index is -3.71. The summed E-state index contributed by atoms with van der Waals surface area (Å²) in [6.45, 7) is 3.70. The van der Waals surface area contributed by atoms with E-state index in [-0.39, 0.29) is 30.2 Å². The van der Waals surface area contributed by atoms with Crippen molar-refractivity contribution in [3.05, 3.63) is 48.0 Å². The van der Waals surface area contributed by atoms with E-state index in [9.17, 15) is 13.2 Å². The van der Waals surface area contributed by atoms with Gasteiger partial charge in [-0.25, -0.2) is 13.1 Å². The largest absolute Gasteiger partial charge is 0.454 e. The highest BCUT2D eigenvalue weighted by molar-refractivity contribution is 7.89. The van der Waals surface area contributed by atoms with Gasteiger partial charge in [0, 0.05) is 25.2 Å². The van der Waals surface area contributed by atoms with Crippen LogP contribution in [-0.2, 0) is 14.8 Å². The highest BCUT2D eigenvalue weighted by Crippen LogP contribution is 2.36. The number of benzene rings is 2. The van der Waals surface area contributed by atoms with Crippen LogP contribution in [-0.4, -0.2) is 45.7 Å². The zero-order valence-corrected chi connectivity index (χ0v) is 19.0. The molecule has 9 heteroatoms. The number of amides is 1. The Hall–Kier alpha value is -2.62. The van der Waals surface area contributed by atoms with E-state index < -0.39 is 10.0 Å². The zero-order chi connectivity index (χ0) is 22.6. The minimum absolute atomic E-state index is 0.115. The van der Waals surface area contributed by atoms with Crippen LogP contribution in [0.25, 0.3) is 0 Å². The fourth-order valence-corrected chi connectivity index (χ4v) is 5.22. The summed E-state index contributed by atoms with van der Waals surface area (Å²) in [7, 11) is -3.71. The van der Waals surface area contributed by atoms with Gasteiger partial charge in [0.05, 0.1) is 4.90 Å². The lowest BCUT2D eigenvalue weighted by Gasteiger charge is -2.31. The maximum atomic E-state index is 13.0. The van der Waals surface area contributed by atoms with Gasteiger partial charge in [0.25, 0.3) is 0 Å². The van der Waals surface area contributed by atoms with Gasteiger partial charge in [-0.2, -0.15) is 0 Å². The Labute approximate surface area is 189 Å². The van der Waals surface area contributed by atoms with E-state index in [1.54, 1.807) is 12.1 Å². The van der Waals surface area contributed by atoms with Crippen LogP contribution in [0.15, 0.2) is 47.4 Å². The molecule has 1 saturated heterocycles. The number of sulfonamides is 1. The van der Waals surface area contributed by atoms with Crippen molar-refractivity contribution in [2.24, 2.45) is 0 Å². The summed E-state index contributed by atoms with van der Waals surface area (Å²) >= 11 is 0. The molecule has 2 heterocycles. The SMILES string of the molecule is CC(=O)Nc1ccc(S(=O)(=O)NCC(c2ccc3c(c2)OCO3)N2CCCCCC2)cc1. The number of anilines is 1. The maximum absolute atomic E-state index is 13.0. The molecule has 1 atom stereocenters. The summed E-state index contributed by atoms with van der Waals surface area (Å²) in [6, 6.07) is 11.9. The normalized spacial score (nSPS) is 17.5. The number of hydrogen-bond donors (Lipinski definition) is 2. The van der Waals surface area contributed by atoms with E-state index in [2.05, 4.69) is 14.9 Å². The first-order valence-corrected chi connectivity index (χ1v) is 12.4. The third kappa shape index (κ3) is 5.40. The number of carbonyl (C=O) groups excluding carboxylic acids is 1. The number of rotatable bonds is 7. The lowest BCUT2D eigenvalue weighted by molar-refractivity contribution is -0.114. The van der Waals surface area contributed by atoms with Gasteiger partial charge < -0.3 is 14.8 Å². The number of likely N-dealkylation sites (tertiary alicyclic amines) is 1. The summed E-state index contributed by atoms with van der Waals surface area (Å²) < 4.78 is 39.7. The molecule has 0 saturated carbocycles. The molecular formula is C23H29N3O5S. The number of nitrogens with zero attached hydrogens (tertiary/aromatic N) is 1. The Morgan fingerprint density at radius 2 is 1.69 bits per heavy atom. The second-order valence-corrected chi connectivity index (χ2v) is 9.90. The Kier molecular flexibility index (Phi) is 6.98. The van der Waals surface area contributed by atoms with Crippen LogP contribution in [0, 0.1) is 0 Å². The van der Waals surface area contributed by atoms with E-state index in [4.69, 9.17) is 9.47 Å². The molecule has 4 rings (SSSR count). The molecular weight excluding hydrogens is 430 g/mol. The van der Waals surface area contributed by atoms with E-state index in [1.165, 1.54) is 31.9 Å². The topological polar surface area (TPSA) is 97.0 Å². The molecule has 2 aromatic rings. The first-order valence-electron chi connectivity index (χ1n) is 10.9. The minimum Gasteiger partial charge on any atom is -0.454 e. The Morgan fingerprint density at radius 1 is 1.00 bits per heavy atom. The summed E-state index contributed by atoms with van der Waals surface area (Å²) in [4.78, 5) is 13.7. The number of ether oxygens (including phenoxy) is 2. The molecule has 8 nitrogen and oxygen atoms in total. The quantitative estimate of drug-likeness (QED) is 0.660. The Morgan fingerprint density at radius 3 is 2.38 bits per heavy atom. The van der Waals surface area contributed by atoms with Crippen molar-refractivity contribution >= 4 is 21.6 Å². The Balaban J connectivity index is 1.53. The van der Waals surface area contributed by atoms with Crippen molar-refractivity contribution in [1.82, 2.24) is 9.62 Å². The second kappa shape index (κ2) is 9.89. The highest BCUT2D eigenvalue weighted by Gasteiger charge is 2.26. The van der Waals surface area contributed by atoms with Gasteiger partial charge in [-0.15, -0.1) is 0 Å². The first-order chi connectivity index (χ1) is 15.4. The third-order valence-corrected chi connectivity index (χ3v) is 7.25. The summed E-state index contributed by atoms with van der Waals surface area (Å²) in [5, 5.41) is 2.64. The molecule has 32 heavy (non-hydrogen) atoms. The average molecular weight is 460 g/mol. The van der Waals surface area contributed by atoms with E-state index in [0.717, 1.165) is 31.5 Å². The molecule has 0 radical (unpaired) electrons. The summed E-state index contributed by atoms with van der Waals surface area (Å²) in [5.74, 6) is 1.20.